The Morgan fingerprint density at radius 1 is 0.700 bits per heavy atom. The van der Waals surface area contributed by atoms with Gasteiger partial charge in [0.1, 0.15) is 5.82 Å². The maximum atomic E-state index is 4.92. The summed E-state index contributed by atoms with van der Waals surface area (Å²) in [6.45, 7) is 12.9. The molecule has 3 rings (SSSR count). The molecule has 0 aliphatic carbocycles. The van der Waals surface area contributed by atoms with Crippen LogP contribution < -0.4 is 0 Å². The first-order valence-electron chi connectivity index (χ1n) is 11.1. The van der Waals surface area contributed by atoms with Crippen molar-refractivity contribution in [1.82, 2.24) is 15.0 Å². The molecule has 0 aliphatic rings. The number of nitrogens with zero attached hydrogens (tertiary/aromatic N) is 3. The number of aryl methyl sites for hydroxylation is 4. The minimum absolute atomic E-state index is 0.287. The van der Waals surface area contributed by atoms with Crippen LogP contribution in [0.2, 0.25) is 0 Å². The number of unbranched alkanes of at least 4 members (excludes halogenated alkanes) is 3. The highest BCUT2D eigenvalue weighted by molar-refractivity contribution is 5.63. The van der Waals surface area contributed by atoms with Crippen molar-refractivity contribution >= 4 is 0 Å². The molecule has 0 saturated carbocycles. The van der Waals surface area contributed by atoms with Gasteiger partial charge in [0.05, 0.1) is 0 Å². The largest absolute Gasteiger partial charge is 0.213 e. The van der Waals surface area contributed by atoms with Crippen LogP contribution in [0.1, 0.15) is 73.5 Å². The first-order valence-corrected chi connectivity index (χ1v) is 11.1. The van der Waals surface area contributed by atoms with Crippen molar-refractivity contribution < 1.29 is 0 Å². The number of hydrogen-bond acceptors (Lipinski definition) is 3. The van der Waals surface area contributed by atoms with Crippen LogP contribution in [0.15, 0.2) is 36.4 Å². The van der Waals surface area contributed by atoms with E-state index < -0.39 is 0 Å². The van der Waals surface area contributed by atoms with Crippen LogP contribution in [0.25, 0.3) is 22.8 Å². The van der Waals surface area contributed by atoms with Crippen molar-refractivity contribution in [2.24, 2.45) is 0 Å². The maximum Gasteiger partial charge on any atom is 0.163 e. The van der Waals surface area contributed by atoms with Gasteiger partial charge in [0, 0.05) is 17.0 Å². The molecule has 1 unspecified atom stereocenters. The Hall–Kier alpha value is -2.55. The summed E-state index contributed by atoms with van der Waals surface area (Å²) in [6, 6.07) is 13.0. The van der Waals surface area contributed by atoms with E-state index >= 15 is 0 Å². The van der Waals surface area contributed by atoms with Crippen molar-refractivity contribution in [2.45, 2.75) is 73.1 Å². The van der Waals surface area contributed by atoms with Crippen LogP contribution in [0.5, 0.6) is 0 Å². The molecule has 0 aliphatic heterocycles. The van der Waals surface area contributed by atoms with Crippen molar-refractivity contribution in [1.29, 1.82) is 0 Å². The zero-order chi connectivity index (χ0) is 21.7. The maximum absolute atomic E-state index is 4.92. The van der Waals surface area contributed by atoms with E-state index in [0.717, 1.165) is 41.4 Å². The van der Waals surface area contributed by atoms with Crippen LogP contribution in [0.3, 0.4) is 0 Å². The highest BCUT2D eigenvalue weighted by Gasteiger charge is 2.16. The van der Waals surface area contributed by atoms with Crippen LogP contribution in [0, 0.1) is 34.1 Å². The Labute approximate surface area is 182 Å². The standard InChI is InChI=1S/C27H34N3/c1-7-8-9-10-11-22(6)25-28-26(23-14-18(2)12-19(3)15-23)30-27(29-25)24-16-20(4)13-21(5)17-24/h9,12-17,22H,7-8,10-11H2,1-6H3. The fraction of sp³-hybridized carbons (Fsp3) is 0.407. The zero-order valence-corrected chi connectivity index (χ0v) is 19.3. The Morgan fingerprint density at radius 3 is 1.60 bits per heavy atom. The van der Waals surface area contributed by atoms with E-state index in [2.05, 4.69) is 84.4 Å². The molecule has 2 aromatic carbocycles. The predicted octanol–water partition coefficient (Wildman–Crippen LogP) is 7.33. The van der Waals surface area contributed by atoms with Gasteiger partial charge in [-0.25, -0.2) is 15.0 Å². The molecule has 3 nitrogen and oxygen atoms in total. The fourth-order valence-electron chi connectivity index (χ4n) is 3.92. The topological polar surface area (TPSA) is 38.7 Å². The predicted molar refractivity (Wildman–Crippen MR) is 127 cm³/mol. The van der Waals surface area contributed by atoms with Gasteiger partial charge in [-0.1, -0.05) is 61.1 Å². The van der Waals surface area contributed by atoms with Crippen LogP contribution in [-0.4, -0.2) is 15.0 Å². The Bertz CT molecular complexity index is 897. The summed E-state index contributed by atoms with van der Waals surface area (Å²) in [5, 5.41) is 0. The molecule has 157 valence electrons. The second-order valence-corrected chi connectivity index (χ2v) is 8.65. The summed E-state index contributed by atoms with van der Waals surface area (Å²) in [4.78, 5) is 14.7. The highest BCUT2D eigenvalue weighted by atomic mass is 15.0. The minimum Gasteiger partial charge on any atom is -0.213 e. The molecule has 0 fully saturated rings. The third-order valence-corrected chi connectivity index (χ3v) is 5.35. The molecule has 0 amide bonds. The highest BCUT2D eigenvalue weighted by Crippen LogP contribution is 2.27. The van der Waals surface area contributed by atoms with E-state index in [-0.39, 0.29) is 5.92 Å². The average molecular weight is 401 g/mol. The molecule has 1 radical (unpaired) electrons. The lowest BCUT2D eigenvalue weighted by Crippen LogP contribution is -2.07. The summed E-state index contributed by atoms with van der Waals surface area (Å²) in [6.07, 6.45) is 6.91. The van der Waals surface area contributed by atoms with Crippen molar-refractivity contribution in [3.05, 3.63) is 70.9 Å². The van der Waals surface area contributed by atoms with E-state index in [4.69, 9.17) is 15.0 Å². The fourth-order valence-corrected chi connectivity index (χ4v) is 3.92. The third-order valence-electron chi connectivity index (χ3n) is 5.35. The minimum atomic E-state index is 0.287. The van der Waals surface area contributed by atoms with Gasteiger partial charge in [-0.2, -0.15) is 0 Å². The first kappa shape index (κ1) is 22.1. The van der Waals surface area contributed by atoms with Gasteiger partial charge in [-0.05, 0) is 71.2 Å². The van der Waals surface area contributed by atoms with Gasteiger partial charge in [0.15, 0.2) is 11.6 Å². The van der Waals surface area contributed by atoms with Crippen molar-refractivity contribution in [2.75, 3.05) is 0 Å². The van der Waals surface area contributed by atoms with Crippen LogP contribution in [-0.2, 0) is 0 Å². The summed E-state index contributed by atoms with van der Waals surface area (Å²) in [5.41, 5.74) is 7.02. The quantitative estimate of drug-likeness (QED) is 0.372. The molecule has 3 aromatic rings. The van der Waals surface area contributed by atoms with Gasteiger partial charge in [-0.3, -0.25) is 0 Å². The molecule has 0 spiro atoms. The lowest BCUT2D eigenvalue weighted by molar-refractivity contribution is 0.619. The molecule has 0 bridgehead atoms. The summed E-state index contributed by atoms with van der Waals surface area (Å²) in [7, 11) is 0. The van der Waals surface area contributed by atoms with Crippen LogP contribution >= 0.6 is 0 Å². The Balaban J connectivity index is 2.05. The van der Waals surface area contributed by atoms with Gasteiger partial charge in [-0.15, -0.1) is 0 Å². The normalized spacial score (nSPS) is 12.2. The van der Waals surface area contributed by atoms with E-state index in [0.29, 0.717) is 0 Å². The molecule has 3 heteroatoms. The summed E-state index contributed by atoms with van der Waals surface area (Å²) >= 11 is 0. The second kappa shape index (κ2) is 9.97. The lowest BCUT2D eigenvalue weighted by atomic mass is 10.0. The summed E-state index contributed by atoms with van der Waals surface area (Å²) < 4.78 is 0. The number of rotatable bonds is 8. The van der Waals surface area contributed by atoms with Crippen molar-refractivity contribution in [3.8, 4) is 22.8 Å². The number of hydrogen-bond donors (Lipinski definition) is 0. The molecular formula is C27H34N3. The van der Waals surface area contributed by atoms with Crippen LogP contribution in [0.4, 0.5) is 0 Å². The van der Waals surface area contributed by atoms with E-state index in [1.165, 1.54) is 35.1 Å². The van der Waals surface area contributed by atoms with Gasteiger partial charge >= 0.3 is 0 Å². The smallest absolute Gasteiger partial charge is 0.163 e. The molecule has 30 heavy (non-hydrogen) atoms. The summed E-state index contributed by atoms with van der Waals surface area (Å²) in [5.74, 6) is 2.71. The average Bonchev–Trinajstić information content (AvgIpc) is 2.69. The SMILES string of the molecule is CCC[CH]CCC(C)c1nc(-c2cc(C)cc(C)c2)nc(-c2cc(C)cc(C)c2)n1. The van der Waals surface area contributed by atoms with E-state index in [1.807, 2.05) is 0 Å². The van der Waals surface area contributed by atoms with Gasteiger partial charge in [0.25, 0.3) is 0 Å². The second-order valence-electron chi connectivity index (χ2n) is 8.65. The monoisotopic (exact) mass is 400 g/mol. The lowest BCUT2D eigenvalue weighted by Gasteiger charge is -2.14. The Morgan fingerprint density at radius 2 is 1.17 bits per heavy atom. The molecule has 1 atom stereocenters. The van der Waals surface area contributed by atoms with E-state index in [1.54, 1.807) is 0 Å². The molecule has 0 saturated heterocycles. The zero-order valence-electron chi connectivity index (χ0n) is 19.3. The van der Waals surface area contributed by atoms with Gasteiger partial charge < -0.3 is 0 Å². The Kier molecular flexibility index (Phi) is 7.36. The number of benzene rings is 2. The molecule has 0 N–H and O–H groups in total. The first-order chi connectivity index (χ1) is 14.4. The molecule has 1 aromatic heterocycles. The molecule has 1 heterocycles. The van der Waals surface area contributed by atoms with Crippen molar-refractivity contribution in [3.63, 3.8) is 0 Å². The molecular weight excluding hydrogens is 366 g/mol. The number of aromatic nitrogens is 3. The third kappa shape index (κ3) is 5.75. The van der Waals surface area contributed by atoms with E-state index in [9.17, 15) is 0 Å². The van der Waals surface area contributed by atoms with Gasteiger partial charge in [0.2, 0.25) is 0 Å².